The first-order chi connectivity index (χ1) is 14.4. The fourth-order valence-corrected chi connectivity index (χ4v) is 3.32. The molecular weight excluding hydrogens is 398 g/mol. The molecule has 0 N–H and O–H groups in total. The lowest BCUT2D eigenvalue weighted by Gasteiger charge is -2.34. The zero-order chi connectivity index (χ0) is 21.8. The number of rotatable bonds is 6. The summed E-state index contributed by atoms with van der Waals surface area (Å²) < 4.78 is 20.7. The van der Waals surface area contributed by atoms with Crippen LogP contribution in [0.2, 0.25) is 0 Å². The Morgan fingerprint density at radius 3 is 2.07 bits per heavy atom. The van der Waals surface area contributed by atoms with Crippen molar-refractivity contribution in [2.45, 2.75) is 0 Å². The van der Waals surface area contributed by atoms with Crippen molar-refractivity contribution < 1.29 is 33.1 Å². The van der Waals surface area contributed by atoms with Crippen LogP contribution in [0.25, 0.3) is 0 Å². The van der Waals surface area contributed by atoms with E-state index in [4.69, 9.17) is 18.6 Å². The molecule has 0 atom stereocenters. The van der Waals surface area contributed by atoms with Crippen molar-refractivity contribution >= 4 is 17.5 Å². The number of carbonyl (C=O) groups is 2. The van der Waals surface area contributed by atoms with Gasteiger partial charge in [0.25, 0.3) is 11.8 Å². The van der Waals surface area contributed by atoms with Crippen LogP contribution in [0.4, 0.5) is 5.69 Å². The standard InChI is InChI=1S/C19H21N3O8/c1-27-14-11-12(15(22(25)26)17(29-3)16(14)28-2)18(23)20-6-8-21(9-7-20)19(24)13-5-4-10-30-13/h4-5,10-11H,6-9H2,1-3H3. The molecule has 1 aliphatic heterocycles. The lowest BCUT2D eigenvalue weighted by atomic mass is 10.1. The average Bonchev–Trinajstić information content (AvgIpc) is 3.31. The predicted octanol–water partition coefficient (Wildman–Crippen LogP) is 1.81. The van der Waals surface area contributed by atoms with Crippen LogP contribution in [-0.2, 0) is 0 Å². The first kappa shape index (κ1) is 21.0. The second kappa shape index (κ2) is 8.72. The molecule has 0 unspecified atom stereocenters. The SMILES string of the molecule is COc1cc(C(=O)N2CCN(C(=O)c3ccco3)CC2)c([N+](=O)[O-])c(OC)c1OC. The number of furan rings is 1. The predicted molar refractivity (Wildman–Crippen MR) is 103 cm³/mol. The molecule has 0 spiro atoms. The van der Waals surface area contributed by atoms with Crippen LogP contribution < -0.4 is 14.2 Å². The monoisotopic (exact) mass is 419 g/mol. The van der Waals surface area contributed by atoms with Crippen LogP contribution in [0.1, 0.15) is 20.9 Å². The zero-order valence-electron chi connectivity index (χ0n) is 16.7. The van der Waals surface area contributed by atoms with Crippen LogP contribution in [0, 0.1) is 10.1 Å². The third-order valence-corrected chi connectivity index (χ3v) is 4.80. The first-order valence-corrected chi connectivity index (χ1v) is 9.02. The summed E-state index contributed by atoms with van der Waals surface area (Å²) in [7, 11) is 3.93. The minimum absolute atomic E-state index is 0.0251. The van der Waals surface area contributed by atoms with Gasteiger partial charge in [-0.05, 0) is 12.1 Å². The normalized spacial score (nSPS) is 13.7. The van der Waals surface area contributed by atoms with Gasteiger partial charge >= 0.3 is 5.69 Å². The summed E-state index contributed by atoms with van der Waals surface area (Å²) in [6.07, 6.45) is 1.41. The topological polar surface area (TPSA) is 125 Å². The fourth-order valence-electron chi connectivity index (χ4n) is 3.32. The highest BCUT2D eigenvalue weighted by atomic mass is 16.6. The maximum absolute atomic E-state index is 13.1. The second-order valence-corrected chi connectivity index (χ2v) is 6.36. The van der Waals surface area contributed by atoms with Crippen molar-refractivity contribution in [3.05, 3.63) is 45.9 Å². The molecule has 11 nitrogen and oxygen atoms in total. The molecule has 160 valence electrons. The van der Waals surface area contributed by atoms with Gasteiger partial charge in [0.2, 0.25) is 11.5 Å². The smallest absolute Gasteiger partial charge is 0.327 e. The highest BCUT2D eigenvalue weighted by molar-refractivity contribution is 6.01. The first-order valence-electron chi connectivity index (χ1n) is 9.02. The minimum atomic E-state index is -0.690. The molecule has 30 heavy (non-hydrogen) atoms. The summed E-state index contributed by atoms with van der Waals surface area (Å²) in [4.78, 5) is 39.5. The number of nitrogens with zero attached hydrogens (tertiary/aromatic N) is 3. The minimum Gasteiger partial charge on any atom is -0.493 e. The second-order valence-electron chi connectivity index (χ2n) is 6.36. The van der Waals surface area contributed by atoms with Crippen molar-refractivity contribution in [2.24, 2.45) is 0 Å². The molecule has 2 heterocycles. The molecule has 11 heteroatoms. The Morgan fingerprint density at radius 2 is 1.60 bits per heavy atom. The Hall–Kier alpha value is -3.76. The van der Waals surface area contributed by atoms with Gasteiger partial charge in [-0.1, -0.05) is 0 Å². The third-order valence-electron chi connectivity index (χ3n) is 4.80. The lowest BCUT2D eigenvalue weighted by Crippen LogP contribution is -2.50. The van der Waals surface area contributed by atoms with E-state index in [1.807, 2.05) is 0 Å². The van der Waals surface area contributed by atoms with Crippen LogP contribution >= 0.6 is 0 Å². The fraction of sp³-hybridized carbons (Fsp3) is 0.368. The number of nitro groups is 1. The van der Waals surface area contributed by atoms with Crippen LogP contribution in [0.3, 0.4) is 0 Å². The molecular formula is C19H21N3O8. The maximum atomic E-state index is 13.1. The van der Waals surface area contributed by atoms with Gasteiger partial charge in [-0.2, -0.15) is 0 Å². The lowest BCUT2D eigenvalue weighted by molar-refractivity contribution is -0.386. The molecule has 0 saturated carbocycles. The van der Waals surface area contributed by atoms with Crippen molar-refractivity contribution in [1.29, 1.82) is 0 Å². The highest BCUT2D eigenvalue weighted by Gasteiger charge is 2.35. The molecule has 0 bridgehead atoms. The van der Waals surface area contributed by atoms with Crippen molar-refractivity contribution in [1.82, 2.24) is 9.80 Å². The van der Waals surface area contributed by atoms with Crippen LogP contribution in [-0.4, -0.2) is 74.0 Å². The number of piperazine rings is 1. The summed E-state index contributed by atoms with van der Waals surface area (Å²) in [5.74, 6) is -0.657. The van der Waals surface area contributed by atoms with Crippen molar-refractivity contribution in [3.63, 3.8) is 0 Å². The number of hydrogen-bond donors (Lipinski definition) is 0. The number of ether oxygens (including phenoxy) is 3. The van der Waals surface area contributed by atoms with Gasteiger partial charge in [0.15, 0.2) is 11.5 Å². The Kier molecular flexibility index (Phi) is 6.09. The van der Waals surface area contributed by atoms with E-state index in [0.29, 0.717) is 0 Å². The number of benzene rings is 1. The summed E-state index contributed by atoms with van der Waals surface area (Å²) in [5, 5.41) is 11.7. The van der Waals surface area contributed by atoms with E-state index in [-0.39, 0.29) is 60.7 Å². The van der Waals surface area contributed by atoms with E-state index < -0.39 is 16.5 Å². The zero-order valence-corrected chi connectivity index (χ0v) is 16.7. The Morgan fingerprint density at radius 1 is 1.00 bits per heavy atom. The van der Waals surface area contributed by atoms with Gasteiger partial charge in [0.1, 0.15) is 5.56 Å². The average molecular weight is 419 g/mol. The van der Waals surface area contributed by atoms with E-state index in [1.54, 1.807) is 17.0 Å². The molecule has 1 aromatic carbocycles. The van der Waals surface area contributed by atoms with Gasteiger partial charge in [0, 0.05) is 32.2 Å². The van der Waals surface area contributed by atoms with E-state index in [2.05, 4.69) is 0 Å². The number of methoxy groups -OCH3 is 3. The Balaban J connectivity index is 1.86. The molecule has 1 saturated heterocycles. The van der Waals surface area contributed by atoms with Gasteiger partial charge in [-0.3, -0.25) is 19.7 Å². The summed E-state index contributed by atoms with van der Waals surface area (Å²) in [6.45, 7) is 0.950. The molecule has 2 aromatic rings. The summed E-state index contributed by atoms with van der Waals surface area (Å²) >= 11 is 0. The van der Waals surface area contributed by atoms with Crippen molar-refractivity contribution in [2.75, 3.05) is 47.5 Å². The highest BCUT2D eigenvalue weighted by Crippen LogP contribution is 2.46. The van der Waals surface area contributed by atoms with Gasteiger partial charge in [-0.15, -0.1) is 0 Å². The summed E-state index contributed by atoms with van der Waals surface area (Å²) in [5.41, 5.74) is -0.686. The Labute approximate surface area is 171 Å². The van der Waals surface area contributed by atoms with Crippen molar-refractivity contribution in [3.8, 4) is 17.2 Å². The quantitative estimate of drug-likeness (QED) is 0.513. The third kappa shape index (κ3) is 3.73. The number of nitro benzene ring substituents is 1. The van der Waals surface area contributed by atoms with Crippen LogP contribution in [0.15, 0.2) is 28.9 Å². The molecule has 1 fully saturated rings. The molecule has 1 aliphatic rings. The largest absolute Gasteiger partial charge is 0.493 e. The number of carbonyl (C=O) groups excluding carboxylic acids is 2. The number of hydrogen-bond acceptors (Lipinski definition) is 8. The molecule has 0 radical (unpaired) electrons. The summed E-state index contributed by atoms with van der Waals surface area (Å²) in [6, 6.07) is 4.46. The number of amides is 2. The molecule has 2 amide bonds. The van der Waals surface area contributed by atoms with E-state index in [9.17, 15) is 19.7 Å². The molecule has 3 rings (SSSR count). The van der Waals surface area contributed by atoms with Gasteiger partial charge < -0.3 is 28.4 Å². The van der Waals surface area contributed by atoms with Gasteiger partial charge in [0.05, 0.1) is 32.5 Å². The van der Waals surface area contributed by atoms with E-state index in [0.717, 1.165) is 0 Å². The van der Waals surface area contributed by atoms with E-state index >= 15 is 0 Å². The van der Waals surface area contributed by atoms with Crippen LogP contribution in [0.5, 0.6) is 17.2 Å². The Bertz CT molecular complexity index is 949. The van der Waals surface area contributed by atoms with Gasteiger partial charge in [-0.25, -0.2) is 0 Å². The molecule has 1 aromatic heterocycles. The molecule has 0 aliphatic carbocycles. The maximum Gasteiger partial charge on any atom is 0.327 e. The van der Waals surface area contributed by atoms with E-state index in [1.165, 1.54) is 38.6 Å².